The van der Waals surface area contributed by atoms with E-state index in [1.54, 1.807) is 7.11 Å². The molecule has 2 aromatic rings. The summed E-state index contributed by atoms with van der Waals surface area (Å²) in [4.78, 5) is 8.87. The predicted octanol–water partition coefficient (Wildman–Crippen LogP) is 3.25. The quantitative estimate of drug-likeness (QED) is 0.605. The molecule has 0 atom stereocenters. The number of methoxy groups -OCH3 is 1. The molecule has 5 nitrogen and oxygen atoms in total. The number of ether oxygens (including phenoxy) is 1. The lowest BCUT2D eigenvalue weighted by Crippen LogP contribution is -2.06. The van der Waals surface area contributed by atoms with Crippen molar-refractivity contribution in [2.24, 2.45) is 0 Å². The molecule has 112 valence electrons. The van der Waals surface area contributed by atoms with Gasteiger partial charge in [0.2, 0.25) is 0 Å². The van der Waals surface area contributed by atoms with E-state index in [4.69, 9.17) is 4.74 Å². The van der Waals surface area contributed by atoms with Crippen LogP contribution in [-0.4, -0.2) is 29.9 Å². The van der Waals surface area contributed by atoms with Gasteiger partial charge in [0, 0.05) is 19.2 Å². The molecule has 1 aromatic carbocycles. The Morgan fingerprint density at radius 3 is 2.57 bits per heavy atom. The van der Waals surface area contributed by atoms with Gasteiger partial charge in [0.25, 0.3) is 0 Å². The molecule has 0 aliphatic carbocycles. The van der Waals surface area contributed by atoms with Crippen LogP contribution in [0.4, 0.5) is 11.6 Å². The molecule has 0 saturated carbocycles. The van der Waals surface area contributed by atoms with Gasteiger partial charge in [-0.3, -0.25) is 0 Å². The highest BCUT2D eigenvalue weighted by Crippen LogP contribution is 2.18. The molecule has 0 fully saturated rings. The molecular formula is C15H20N4OS. The highest BCUT2D eigenvalue weighted by Gasteiger charge is 2.04. The molecule has 21 heavy (non-hydrogen) atoms. The van der Waals surface area contributed by atoms with Crippen LogP contribution >= 0.6 is 11.8 Å². The van der Waals surface area contributed by atoms with Crippen molar-refractivity contribution in [3.63, 3.8) is 0 Å². The Labute approximate surface area is 129 Å². The van der Waals surface area contributed by atoms with Crippen molar-refractivity contribution < 1.29 is 4.74 Å². The number of aromatic nitrogens is 2. The number of anilines is 2. The molecule has 2 rings (SSSR count). The molecule has 0 amide bonds. The first-order chi connectivity index (χ1) is 10.2. The number of rotatable bonds is 7. The molecule has 0 saturated heterocycles. The number of hydrogen-bond donors (Lipinski definition) is 2. The molecule has 2 N–H and O–H groups in total. The standard InChI is InChI=1S/C15H20N4OS/c1-4-16-13-9-14(19-15(18-13)21-3)17-10-11-6-5-7-12(8-11)20-2/h5-9H,4,10H2,1-3H3,(H2,16,17,18,19). The molecular weight excluding hydrogens is 284 g/mol. The Morgan fingerprint density at radius 1 is 1.14 bits per heavy atom. The minimum Gasteiger partial charge on any atom is -0.497 e. The van der Waals surface area contributed by atoms with Crippen LogP contribution in [0.5, 0.6) is 5.75 Å². The average molecular weight is 304 g/mol. The van der Waals surface area contributed by atoms with Gasteiger partial charge in [-0.15, -0.1) is 0 Å². The van der Waals surface area contributed by atoms with Gasteiger partial charge in [0.15, 0.2) is 5.16 Å². The fourth-order valence-electron chi connectivity index (χ4n) is 1.85. The molecule has 0 bridgehead atoms. The van der Waals surface area contributed by atoms with Gasteiger partial charge < -0.3 is 15.4 Å². The Balaban J connectivity index is 2.09. The van der Waals surface area contributed by atoms with Gasteiger partial charge in [-0.2, -0.15) is 0 Å². The third kappa shape index (κ3) is 4.53. The second-order valence-corrected chi connectivity index (χ2v) is 5.13. The second kappa shape index (κ2) is 7.73. The fraction of sp³-hybridized carbons (Fsp3) is 0.333. The van der Waals surface area contributed by atoms with Gasteiger partial charge >= 0.3 is 0 Å². The minimum atomic E-state index is 0.688. The van der Waals surface area contributed by atoms with Crippen LogP contribution in [0, 0.1) is 0 Å². The van der Waals surface area contributed by atoms with Crippen LogP contribution in [0.15, 0.2) is 35.5 Å². The summed E-state index contributed by atoms with van der Waals surface area (Å²) in [7, 11) is 1.67. The monoisotopic (exact) mass is 304 g/mol. The first kappa shape index (κ1) is 15.4. The van der Waals surface area contributed by atoms with E-state index in [1.165, 1.54) is 11.8 Å². The molecule has 6 heteroatoms. The zero-order valence-corrected chi connectivity index (χ0v) is 13.3. The summed E-state index contributed by atoms with van der Waals surface area (Å²) in [5.74, 6) is 2.51. The van der Waals surface area contributed by atoms with Crippen LogP contribution in [0.25, 0.3) is 0 Å². The third-order valence-electron chi connectivity index (χ3n) is 2.85. The lowest BCUT2D eigenvalue weighted by atomic mass is 10.2. The smallest absolute Gasteiger partial charge is 0.191 e. The van der Waals surface area contributed by atoms with E-state index in [0.717, 1.165) is 34.6 Å². The van der Waals surface area contributed by atoms with Gasteiger partial charge in [-0.25, -0.2) is 9.97 Å². The fourth-order valence-corrected chi connectivity index (χ4v) is 2.23. The largest absolute Gasteiger partial charge is 0.497 e. The highest BCUT2D eigenvalue weighted by atomic mass is 32.2. The Hall–Kier alpha value is -1.95. The molecule has 0 spiro atoms. The van der Waals surface area contributed by atoms with E-state index >= 15 is 0 Å². The Bertz CT molecular complexity index is 592. The van der Waals surface area contributed by atoms with Crippen molar-refractivity contribution in [1.29, 1.82) is 0 Å². The van der Waals surface area contributed by atoms with Crippen LogP contribution < -0.4 is 15.4 Å². The molecule has 0 radical (unpaired) electrons. The normalized spacial score (nSPS) is 10.2. The lowest BCUT2D eigenvalue weighted by molar-refractivity contribution is 0.414. The average Bonchev–Trinajstić information content (AvgIpc) is 2.53. The summed E-state index contributed by atoms with van der Waals surface area (Å²) in [5.41, 5.74) is 1.14. The van der Waals surface area contributed by atoms with Gasteiger partial charge in [-0.05, 0) is 30.9 Å². The van der Waals surface area contributed by atoms with Crippen LogP contribution in [0.3, 0.4) is 0 Å². The van der Waals surface area contributed by atoms with Crippen molar-refractivity contribution in [2.75, 3.05) is 30.5 Å². The maximum atomic E-state index is 5.23. The summed E-state index contributed by atoms with van der Waals surface area (Å²) in [6, 6.07) is 9.90. The van der Waals surface area contributed by atoms with Crippen LogP contribution in [0.2, 0.25) is 0 Å². The van der Waals surface area contributed by atoms with E-state index in [9.17, 15) is 0 Å². The van der Waals surface area contributed by atoms with Crippen molar-refractivity contribution >= 4 is 23.4 Å². The first-order valence-electron chi connectivity index (χ1n) is 6.79. The molecule has 0 unspecified atom stereocenters. The summed E-state index contributed by atoms with van der Waals surface area (Å²) in [5, 5.41) is 7.29. The lowest BCUT2D eigenvalue weighted by Gasteiger charge is -2.10. The van der Waals surface area contributed by atoms with Gasteiger partial charge in [0.05, 0.1) is 7.11 Å². The van der Waals surface area contributed by atoms with E-state index in [2.05, 4.69) is 26.7 Å². The number of hydrogen-bond acceptors (Lipinski definition) is 6. The highest BCUT2D eigenvalue weighted by molar-refractivity contribution is 7.98. The first-order valence-corrected chi connectivity index (χ1v) is 8.01. The number of nitrogens with one attached hydrogen (secondary N) is 2. The number of benzene rings is 1. The molecule has 0 aliphatic rings. The summed E-state index contributed by atoms with van der Waals surface area (Å²) in [6.45, 7) is 3.57. The molecule has 1 aromatic heterocycles. The maximum Gasteiger partial charge on any atom is 0.191 e. The zero-order valence-electron chi connectivity index (χ0n) is 12.5. The van der Waals surface area contributed by atoms with E-state index in [0.29, 0.717) is 6.54 Å². The maximum absolute atomic E-state index is 5.23. The van der Waals surface area contributed by atoms with E-state index in [-0.39, 0.29) is 0 Å². The Morgan fingerprint density at radius 2 is 1.90 bits per heavy atom. The summed E-state index contributed by atoms with van der Waals surface area (Å²) in [6.07, 6.45) is 1.97. The minimum absolute atomic E-state index is 0.688. The number of thioether (sulfide) groups is 1. The van der Waals surface area contributed by atoms with Crippen LogP contribution in [0.1, 0.15) is 12.5 Å². The number of nitrogens with zero attached hydrogens (tertiary/aromatic N) is 2. The van der Waals surface area contributed by atoms with Crippen LogP contribution in [-0.2, 0) is 6.54 Å². The SMILES string of the molecule is CCNc1cc(NCc2cccc(OC)c2)nc(SC)n1. The zero-order chi connectivity index (χ0) is 15.1. The second-order valence-electron chi connectivity index (χ2n) is 4.36. The summed E-state index contributed by atoms with van der Waals surface area (Å²) < 4.78 is 5.23. The van der Waals surface area contributed by atoms with E-state index in [1.807, 2.05) is 37.4 Å². The van der Waals surface area contributed by atoms with Crippen molar-refractivity contribution in [1.82, 2.24) is 9.97 Å². The third-order valence-corrected chi connectivity index (χ3v) is 3.40. The Kier molecular flexibility index (Phi) is 5.68. The van der Waals surface area contributed by atoms with Crippen molar-refractivity contribution in [3.05, 3.63) is 35.9 Å². The van der Waals surface area contributed by atoms with E-state index < -0.39 is 0 Å². The van der Waals surface area contributed by atoms with Gasteiger partial charge in [-0.1, -0.05) is 23.9 Å². The molecule has 0 aliphatic heterocycles. The van der Waals surface area contributed by atoms with Crippen molar-refractivity contribution in [2.45, 2.75) is 18.6 Å². The molecule has 1 heterocycles. The predicted molar refractivity (Wildman–Crippen MR) is 88.3 cm³/mol. The van der Waals surface area contributed by atoms with Crippen molar-refractivity contribution in [3.8, 4) is 5.75 Å². The van der Waals surface area contributed by atoms with Gasteiger partial charge in [0.1, 0.15) is 17.4 Å². The topological polar surface area (TPSA) is 59.1 Å². The summed E-state index contributed by atoms with van der Waals surface area (Å²) >= 11 is 1.53.